The molecule has 0 spiro atoms. The molecule has 0 aliphatic carbocycles. The van der Waals surface area contributed by atoms with Crippen molar-refractivity contribution in [3.8, 4) is 0 Å². The second kappa shape index (κ2) is 7.15. The summed E-state index contributed by atoms with van der Waals surface area (Å²) in [6, 6.07) is 7.90. The number of nitrogens with zero attached hydrogens (tertiary/aromatic N) is 1. The van der Waals surface area contributed by atoms with E-state index < -0.39 is 0 Å². The number of benzene rings is 1. The molecule has 0 bridgehead atoms. The summed E-state index contributed by atoms with van der Waals surface area (Å²) >= 11 is 13.1. The molecule has 0 atom stereocenters. The molecule has 0 saturated heterocycles. The van der Waals surface area contributed by atoms with Gasteiger partial charge in [-0.25, -0.2) is 0 Å². The van der Waals surface area contributed by atoms with Crippen LogP contribution in [0, 0.1) is 0 Å². The van der Waals surface area contributed by atoms with Crippen molar-refractivity contribution < 1.29 is 0 Å². The van der Waals surface area contributed by atoms with Crippen LogP contribution in [0.2, 0.25) is 5.02 Å². The summed E-state index contributed by atoms with van der Waals surface area (Å²) in [5.41, 5.74) is 1.14. The van der Waals surface area contributed by atoms with Gasteiger partial charge in [-0.2, -0.15) is 0 Å². The summed E-state index contributed by atoms with van der Waals surface area (Å²) in [6.07, 6.45) is 0. The highest BCUT2D eigenvalue weighted by Crippen LogP contribution is 2.22. The number of halogens is 1. The normalized spacial score (nSPS) is 10.2. The van der Waals surface area contributed by atoms with Crippen LogP contribution in [0.15, 0.2) is 24.3 Å². The van der Waals surface area contributed by atoms with Crippen LogP contribution < -0.4 is 0 Å². The molecule has 0 unspecified atom stereocenters. The van der Waals surface area contributed by atoms with Gasteiger partial charge in [-0.1, -0.05) is 53.8 Å². The number of rotatable bonds is 4. The number of hydrogen-bond acceptors (Lipinski definition) is 2. The van der Waals surface area contributed by atoms with Gasteiger partial charge in [-0.15, -0.1) is 0 Å². The molecule has 0 fully saturated rings. The first-order valence-corrected chi connectivity index (χ1v) is 7.11. The molecule has 88 valence electrons. The van der Waals surface area contributed by atoms with Crippen LogP contribution in [-0.2, 0) is 5.75 Å². The molecule has 0 N–H and O–H groups in total. The minimum atomic E-state index is 0.817. The lowest BCUT2D eigenvalue weighted by atomic mass is 10.2. The lowest BCUT2D eigenvalue weighted by Gasteiger charge is -2.20. The zero-order chi connectivity index (χ0) is 12.0. The molecular weight excluding hydrogens is 258 g/mol. The molecule has 0 aliphatic heterocycles. The number of thiocarbonyl (C=S) groups is 1. The van der Waals surface area contributed by atoms with Crippen molar-refractivity contribution in [2.45, 2.75) is 19.6 Å². The third-order valence-electron chi connectivity index (χ3n) is 2.33. The second-order valence-corrected chi connectivity index (χ2v) is 5.33. The van der Waals surface area contributed by atoms with E-state index >= 15 is 0 Å². The maximum atomic E-state index is 6.08. The monoisotopic (exact) mass is 273 g/mol. The summed E-state index contributed by atoms with van der Waals surface area (Å²) < 4.78 is 0.949. The highest BCUT2D eigenvalue weighted by molar-refractivity contribution is 8.22. The van der Waals surface area contributed by atoms with E-state index in [1.807, 2.05) is 24.3 Å². The van der Waals surface area contributed by atoms with E-state index in [-0.39, 0.29) is 0 Å². The third kappa shape index (κ3) is 3.96. The Labute approximate surface area is 112 Å². The maximum absolute atomic E-state index is 6.08. The molecule has 0 radical (unpaired) electrons. The molecule has 0 amide bonds. The quantitative estimate of drug-likeness (QED) is 0.757. The van der Waals surface area contributed by atoms with E-state index in [0.29, 0.717) is 0 Å². The van der Waals surface area contributed by atoms with Crippen molar-refractivity contribution in [3.63, 3.8) is 0 Å². The van der Waals surface area contributed by atoms with E-state index in [1.165, 1.54) is 0 Å². The van der Waals surface area contributed by atoms with E-state index in [2.05, 4.69) is 18.7 Å². The fourth-order valence-electron chi connectivity index (χ4n) is 1.33. The van der Waals surface area contributed by atoms with Gasteiger partial charge in [0.05, 0.1) is 0 Å². The first kappa shape index (κ1) is 13.8. The molecule has 0 aromatic heterocycles. The lowest BCUT2D eigenvalue weighted by Crippen LogP contribution is -2.26. The largest absolute Gasteiger partial charge is 0.358 e. The Kier molecular flexibility index (Phi) is 6.17. The predicted octanol–water partition coefficient (Wildman–Crippen LogP) is 4.20. The standard InChI is InChI=1S/C12H16ClNS2/c1-3-14(4-2)12(15)16-9-10-7-5-6-8-11(10)13/h5-8H,3-4,9H2,1-2H3. The maximum Gasteiger partial charge on any atom is 0.136 e. The molecule has 4 heteroatoms. The number of thioether (sulfide) groups is 1. The van der Waals surface area contributed by atoms with E-state index in [1.54, 1.807) is 11.8 Å². The minimum absolute atomic E-state index is 0.817. The van der Waals surface area contributed by atoms with Crippen LogP contribution >= 0.6 is 35.6 Å². The summed E-state index contributed by atoms with van der Waals surface area (Å²) in [7, 11) is 0. The Morgan fingerprint density at radius 1 is 1.31 bits per heavy atom. The van der Waals surface area contributed by atoms with Crippen molar-refractivity contribution in [3.05, 3.63) is 34.9 Å². The van der Waals surface area contributed by atoms with Gasteiger partial charge in [0.1, 0.15) is 4.32 Å². The summed E-state index contributed by atoms with van der Waals surface area (Å²) in [4.78, 5) is 2.18. The van der Waals surface area contributed by atoms with Gasteiger partial charge < -0.3 is 4.90 Å². The van der Waals surface area contributed by atoms with Crippen molar-refractivity contribution in [2.75, 3.05) is 13.1 Å². The summed E-state index contributed by atoms with van der Waals surface area (Å²) in [6.45, 7) is 6.16. The highest BCUT2D eigenvalue weighted by atomic mass is 35.5. The van der Waals surface area contributed by atoms with Crippen molar-refractivity contribution in [1.29, 1.82) is 0 Å². The Hall–Kier alpha value is -0.250. The average Bonchev–Trinajstić information content (AvgIpc) is 2.29. The molecule has 0 heterocycles. The minimum Gasteiger partial charge on any atom is -0.358 e. The summed E-state index contributed by atoms with van der Waals surface area (Å²) in [5.74, 6) is 0.842. The van der Waals surface area contributed by atoms with Crippen LogP contribution in [0.3, 0.4) is 0 Å². The fraction of sp³-hybridized carbons (Fsp3) is 0.417. The Morgan fingerprint density at radius 3 is 2.50 bits per heavy atom. The fourth-order valence-corrected chi connectivity index (χ4v) is 3.02. The van der Waals surface area contributed by atoms with Crippen molar-refractivity contribution >= 4 is 39.9 Å². The topological polar surface area (TPSA) is 3.24 Å². The van der Waals surface area contributed by atoms with Gasteiger partial charge in [0.2, 0.25) is 0 Å². The van der Waals surface area contributed by atoms with Crippen LogP contribution in [0.4, 0.5) is 0 Å². The van der Waals surface area contributed by atoms with Gasteiger partial charge in [-0.3, -0.25) is 0 Å². The molecule has 16 heavy (non-hydrogen) atoms. The average molecular weight is 274 g/mol. The Bertz CT molecular complexity index is 351. The van der Waals surface area contributed by atoms with E-state index in [4.69, 9.17) is 23.8 Å². The number of hydrogen-bond donors (Lipinski definition) is 0. The first-order valence-electron chi connectivity index (χ1n) is 5.34. The lowest BCUT2D eigenvalue weighted by molar-refractivity contribution is 0.482. The summed E-state index contributed by atoms with van der Waals surface area (Å²) in [5, 5.41) is 0.817. The van der Waals surface area contributed by atoms with Crippen molar-refractivity contribution in [2.24, 2.45) is 0 Å². The van der Waals surface area contributed by atoms with Crippen LogP contribution in [0.1, 0.15) is 19.4 Å². The second-order valence-electron chi connectivity index (χ2n) is 3.32. The van der Waals surface area contributed by atoms with Gasteiger partial charge in [0, 0.05) is 23.9 Å². The van der Waals surface area contributed by atoms with Gasteiger partial charge >= 0.3 is 0 Å². The van der Waals surface area contributed by atoms with Gasteiger partial charge in [0.25, 0.3) is 0 Å². The third-order valence-corrected chi connectivity index (χ3v) is 4.27. The van der Waals surface area contributed by atoms with Crippen LogP contribution in [0.5, 0.6) is 0 Å². The molecular formula is C12H16ClNS2. The van der Waals surface area contributed by atoms with Crippen LogP contribution in [0.25, 0.3) is 0 Å². The first-order chi connectivity index (χ1) is 7.69. The van der Waals surface area contributed by atoms with Crippen LogP contribution in [-0.4, -0.2) is 22.3 Å². The molecule has 0 aliphatic rings. The smallest absolute Gasteiger partial charge is 0.136 e. The SMILES string of the molecule is CCN(CC)C(=S)SCc1ccccc1Cl. The molecule has 1 aromatic rings. The predicted molar refractivity (Wildman–Crippen MR) is 78.3 cm³/mol. The highest BCUT2D eigenvalue weighted by Gasteiger charge is 2.07. The Morgan fingerprint density at radius 2 is 1.94 bits per heavy atom. The van der Waals surface area contributed by atoms with Gasteiger partial charge in [-0.05, 0) is 25.5 Å². The Balaban J connectivity index is 2.52. The molecule has 1 rings (SSSR count). The zero-order valence-corrected chi connectivity index (χ0v) is 12.0. The zero-order valence-electron chi connectivity index (χ0n) is 9.57. The molecule has 1 aromatic carbocycles. The van der Waals surface area contributed by atoms with Gasteiger partial charge in [0.15, 0.2) is 0 Å². The van der Waals surface area contributed by atoms with E-state index in [9.17, 15) is 0 Å². The van der Waals surface area contributed by atoms with E-state index in [0.717, 1.165) is 33.7 Å². The molecule has 1 nitrogen and oxygen atoms in total. The molecule has 0 saturated carbocycles. The van der Waals surface area contributed by atoms with Crippen molar-refractivity contribution in [1.82, 2.24) is 4.90 Å².